The summed E-state index contributed by atoms with van der Waals surface area (Å²) >= 11 is 0. The lowest BCUT2D eigenvalue weighted by Gasteiger charge is -2.20. The zero-order valence-corrected chi connectivity index (χ0v) is 23.9. The molecule has 0 fully saturated rings. The Hall–Kier alpha value is -0.760. The van der Waals surface area contributed by atoms with Crippen LogP contribution in [0.5, 0.6) is 0 Å². The summed E-state index contributed by atoms with van der Waals surface area (Å²) in [4.78, 5) is 21.9. The maximum Gasteiger partial charge on any atom is 0.472 e. The van der Waals surface area contributed by atoms with E-state index in [1.54, 1.807) is 0 Å². The van der Waals surface area contributed by atoms with Gasteiger partial charge in [0.1, 0.15) is 6.10 Å². The molecule has 0 amide bonds. The van der Waals surface area contributed by atoms with Crippen molar-refractivity contribution in [1.82, 2.24) is 0 Å². The molecule has 0 aliphatic carbocycles. The van der Waals surface area contributed by atoms with Crippen LogP contribution in [0, 0.1) is 0 Å². The molecule has 3 N–H and O–H groups in total. The zero-order chi connectivity index (χ0) is 26.7. The highest BCUT2D eigenvalue weighted by Crippen LogP contribution is 2.43. The number of hydrogen-bond donors (Lipinski definition) is 2. The summed E-state index contributed by atoms with van der Waals surface area (Å²) in [5.74, 6) is -0.352. The van der Waals surface area contributed by atoms with Crippen LogP contribution in [0.3, 0.4) is 0 Å². The van der Waals surface area contributed by atoms with Gasteiger partial charge in [0, 0.05) is 19.6 Å². The van der Waals surface area contributed by atoms with Gasteiger partial charge in [-0.1, -0.05) is 83.8 Å². The van der Waals surface area contributed by atoms with E-state index >= 15 is 0 Å². The van der Waals surface area contributed by atoms with Crippen LogP contribution >= 0.6 is 7.82 Å². The first-order valence-corrected chi connectivity index (χ1v) is 15.7. The van der Waals surface area contributed by atoms with Crippen LogP contribution in [-0.4, -0.2) is 49.9 Å². The lowest BCUT2D eigenvalue weighted by molar-refractivity contribution is -0.154. The Morgan fingerprint density at radius 1 is 0.806 bits per heavy atom. The first-order chi connectivity index (χ1) is 17.4. The minimum absolute atomic E-state index is 0.0953. The van der Waals surface area contributed by atoms with Crippen molar-refractivity contribution in [2.24, 2.45) is 5.73 Å². The number of phosphoric ester groups is 1. The van der Waals surface area contributed by atoms with Crippen LogP contribution < -0.4 is 5.73 Å². The van der Waals surface area contributed by atoms with E-state index in [2.05, 4.69) is 26.0 Å². The molecule has 0 aromatic carbocycles. The molecule has 0 saturated heterocycles. The number of carbonyl (C=O) groups is 1. The van der Waals surface area contributed by atoms with Gasteiger partial charge in [-0.2, -0.15) is 0 Å². The molecular weight excluding hydrogens is 481 g/mol. The second-order valence-corrected chi connectivity index (χ2v) is 10.7. The molecule has 2 atom stereocenters. The molecular formula is C27H54NO7P. The predicted octanol–water partition coefficient (Wildman–Crippen LogP) is 6.84. The Bertz CT molecular complexity index is 574. The number of rotatable bonds is 27. The fraction of sp³-hybridized carbons (Fsp3) is 0.889. The molecule has 0 radical (unpaired) electrons. The standard InChI is InChI=1S/C27H54NO7P/c1-3-5-7-9-10-11-12-13-14-15-16-17-19-22-32-24-26(25-34-36(30,31)33-23-21-28)35-27(29)20-18-8-6-4-2/h10-11,26H,3-9,12-25,28H2,1-2H3,(H,30,31)/b11-10-. The number of unbranched alkanes of at least 4 members (excludes halogenated alkanes) is 12. The third kappa shape index (κ3) is 24.9. The Labute approximate surface area is 220 Å². The van der Waals surface area contributed by atoms with Crippen molar-refractivity contribution >= 4 is 13.8 Å². The van der Waals surface area contributed by atoms with Crippen LogP contribution in [0.25, 0.3) is 0 Å². The molecule has 0 aliphatic rings. The van der Waals surface area contributed by atoms with Crippen molar-refractivity contribution in [2.45, 2.75) is 123 Å². The van der Waals surface area contributed by atoms with Gasteiger partial charge >= 0.3 is 13.8 Å². The van der Waals surface area contributed by atoms with E-state index in [1.807, 2.05) is 0 Å². The first-order valence-electron chi connectivity index (χ1n) is 14.2. The molecule has 2 unspecified atom stereocenters. The minimum atomic E-state index is -4.24. The van der Waals surface area contributed by atoms with Crippen molar-refractivity contribution in [2.75, 3.05) is 33.0 Å². The van der Waals surface area contributed by atoms with Gasteiger partial charge in [-0.3, -0.25) is 13.8 Å². The SMILES string of the molecule is CCCCC/C=C\CCCCCCCCOCC(COP(=O)(O)OCCN)OC(=O)CCCCCC. The fourth-order valence-corrected chi connectivity index (χ4v) is 4.34. The molecule has 8 nitrogen and oxygen atoms in total. The van der Waals surface area contributed by atoms with E-state index in [4.69, 9.17) is 24.3 Å². The summed E-state index contributed by atoms with van der Waals surface area (Å²) in [5.41, 5.74) is 5.29. The van der Waals surface area contributed by atoms with Gasteiger partial charge in [-0.05, 0) is 38.5 Å². The molecule has 0 spiro atoms. The largest absolute Gasteiger partial charge is 0.472 e. The first kappa shape index (κ1) is 35.2. The predicted molar refractivity (Wildman–Crippen MR) is 146 cm³/mol. The van der Waals surface area contributed by atoms with Crippen LogP contribution in [0.1, 0.15) is 117 Å². The summed E-state index contributed by atoms with van der Waals surface area (Å²) in [6, 6.07) is 0. The Morgan fingerprint density at radius 3 is 2.06 bits per heavy atom. The average molecular weight is 536 g/mol. The molecule has 0 bridgehead atoms. The third-order valence-corrected chi connectivity index (χ3v) is 6.67. The smallest absolute Gasteiger partial charge is 0.457 e. The molecule has 214 valence electrons. The van der Waals surface area contributed by atoms with Crippen molar-refractivity contribution < 1.29 is 32.8 Å². The van der Waals surface area contributed by atoms with E-state index in [9.17, 15) is 14.3 Å². The summed E-state index contributed by atoms with van der Waals surface area (Å²) < 4.78 is 32.7. The molecule has 0 aromatic heterocycles. The number of nitrogens with two attached hydrogens (primary N) is 1. The second-order valence-electron chi connectivity index (χ2n) is 9.26. The molecule has 9 heteroatoms. The molecule has 36 heavy (non-hydrogen) atoms. The average Bonchev–Trinajstić information content (AvgIpc) is 2.86. The van der Waals surface area contributed by atoms with E-state index in [0.717, 1.165) is 38.5 Å². The highest BCUT2D eigenvalue weighted by molar-refractivity contribution is 7.47. The van der Waals surface area contributed by atoms with E-state index in [1.165, 1.54) is 57.8 Å². The number of carbonyl (C=O) groups excluding carboxylic acids is 1. The lowest BCUT2D eigenvalue weighted by Crippen LogP contribution is -2.28. The normalized spacial score (nSPS) is 14.2. The number of allylic oxidation sites excluding steroid dienone is 2. The summed E-state index contributed by atoms with van der Waals surface area (Å²) in [6.07, 6.45) is 21.3. The second kappa shape index (κ2) is 25.9. The van der Waals surface area contributed by atoms with Gasteiger partial charge in [-0.15, -0.1) is 0 Å². The topological polar surface area (TPSA) is 117 Å². The monoisotopic (exact) mass is 535 g/mol. The maximum absolute atomic E-state index is 12.2. The van der Waals surface area contributed by atoms with Crippen LogP contribution in [-0.2, 0) is 27.9 Å². The van der Waals surface area contributed by atoms with E-state index in [-0.39, 0.29) is 32.3 Å². The fourth-order valence-electron chi connectivity index (χ4n) is 3.58. The van der Waals surface area contributed by atoms with Crippen LogP contribution in [0.15, 0.2) is 12.2 Å². The minimum Gasteiger partial charge on any atom is -0.457 e. The van der Waals surface area contributed by atoms with E-state index < -0.39 is 13.9 Å². The van der Waals surface area contributed by atoms with Gasteiger partial charge in [0.15, 0.2) is 0 Å². The molecule has 0 heterocycles. The van der Waals surface area contributed by atoms with Gasteiger partial charge in [-0.25, -0.2) is 4.57 Å². The lowest BCUT2D eigenvalue weighted by atomic mass is 10.1. The maximum atomic E-state index is 12.2. The van der Waals surface area contributed by atoms with Gasteiger partial charge < -0.3 is 20.1 Å². The Kier molecular flexibility index (Phi) is 25.3. The number of esters is 1. The quantitative estimate of drug-likeness (QED) is 0.0508. The van der Waals surface area contributed by atoms with Gasteiger partial charge in [0.2, 0.25) is 0 Å². The van der Waals surface area contributed by atoms with Crippen molar-refractivity contribution in [1.29, 1.82) is 0 Å². The molecule has 0 aliphatic heterocycles. The summed E-state index contributed by atoms with van der Waals surface area (Å²) in [5, 5.41) is 0. The Morgan fingerprint density at radius 2 is 1.39 bits per heavy atom. The number of phosphoric acid groups is 1. The van der Waals surface area contributed by atoms with E-state index in [0.29, 0.717) is 13.0 Å². The third-order valence-electron chi connectivity index (χ3n) is 5.68. The van der Waals surface area contributed by atoms with Crippen LogP contribution in [0.2, 0.25) is 0 Å². The van der Waals surface area contributed by atoms with Crippen molar-refractivity contribution in [3.05, 3.63) is 12.2 Å². The Balaban J connectivity index is 4.06. The van der Waals surface area contributed by atoms with Crippen molar-refractivity contribution in [3.63, 3.8) is 0 Å². The number of hydrogen-bond acceptors (Lipinski definition) is 7. The zero-order valence-electron chi connectivity index (χ0n) is 23.0. The summed E-state index contributed by atoms with van der Waals surface area (Å²) in [7, 11) is -4.24. The summed E-state index contributed by atoms with van der Waals surface area (Å²) in [6.45, 7) is 4.73. The highest BCUT2D eigenvalue weighted by atomic mass is 31.2. The highest BCUT2D eigenvalue weighted by Gasteiger charge is 2.25. The molecule has 0 saturated carbocycles. The van der Waals surface area contributed by atoms with Crippen LogP contribution in [0.4, 0.5) is 0 Å². The number of ether oxygens (including phenoxy) is 2. The van der Waals surface area contributed by atoms with Gasteiger partial charge in [0.05, 0.1) is 19.8 Å². The van der Waals surface area contributed by atoms with Gasteiger partial charge in [0.25, 0.3) is 0 Å². The molecule has 0 aromatic rings. The van der Waals surface area contributed by atoms with Crippen molar-refractivity contribution in [3.8, 4) is 0 Å². The molecule has 0 rings (SSSR count).